The summed E-state index contributed by atoms with van der Waals surface area (Å²) in [6.07, 6.45) is 0. The predicted molar refractivity (Wildman–Crippen MR) is 210 cm³/mol. The van der Waals surface area contributed by atoms with E-state index in [1.165, 1.54) is 52.1 Å². The first-order chi connectivity index (χ1) is 24.9. The highest BCUT2D eigenvalue weighted by atomic mass is 79.9. The number of halogens is 1. The monoisotopic (exact) mass is 704 g/mol. The van der Waals surface area contributed by atoms with E-state index in [-0.39, 0.29) is 34.3 Å². The van der Waals surface area contributed by atoms with Crippen molar-refractivity contribution in [3.63, 3.8) is 0 Å². The highest BCUT2D eigenvalue weighted by molar-refractivity contribution is 9.10. The zero-order valence-electron chi connectivity index (χ0n) is 28.7. The smallest absolute Gasteiger partial charge is 0.0719 e. The van der Waals surface area contributed by atoms with Gasteiger partial charge in [0.15, 0.2) is 0 Å². The minimum absolute atomic E-state index is 0.0614. The van der Waals surface area contributed by atoms with E-state index in [1.807, 2.05) is 52.3 Å². The zero-order valence-corrected chi connectivity index (χ0v) is 27.9. The molecule has 1 N–H and O–H groups in total. The normalized spacial score (nSPS) is 13.1. The molecule has 0 aliphatic rings. The first kappa shape index (κ1) is 23.4. The van der Waals surface area contributed by atoms with Gasteiger partial charge in [0.2, 0.25) is 0 Å². The number of fused-ring (bicyclic) bond motifs is 14. The number of nitrogens with zero attached hydrogens (tertiary/aromatic N) is 1. The molecule has 47 heavy (non-hydrogen) atoms. The molecular formula is C42H25BrN2S2. The molecule has 0 saturated heterocycles. The Labute approximate surface area is 291 Å². The molecule has 0 aliphatic carbocycles. The van der Waals surface area contributed by atoms with E-state index in [0.29, 0.717) is 0 Å². The van der Waals surface area contributed by atoms with Gasteiger partial charge in [-0.15, -0.1) is 22.7 Å². The maximum atomic E-state index is 8.68. The molecule has 0 amide bonds. The summed E-state index contributed by atoms with van der Waals surface area (Å²) in [5, 5.41) is 9.70. The number of aromatic amines is 1. The maximum absolute atomic E-state index is 8.68. The minimum atomic E-state index is -0.0783. The molecule has 0 aliphatic heterocycles. The average molecular weight is 706 g/mol. The molecule has 2 nitrogen and oxygen atoms in total. The number of hydrogen-bond donors (Lipinski definition) is 1. The molecule has 0 spiro atoms. The molecule has 11 rings (SSSR count). The van der Waals surface area contributed by atoms with E-state index in [0.717, 1.165) is 31.9 Å². The number of hydrogen-bond acceptors (Lipinski definition) is 2. The fourth-order valence-corrected chi connectivity index (χ4v) is 9.61. The van der Waals surface area contributed by atoms with E-state index in [4.69, 9.17) is 5.48 Å². The summed E-state index contributed by atoms with van der Waals surface area (Å²) < 4.78 is 41.1. The van der Waals surface area contributed by atoms with Crippen LogP contribution in [0.5, 0.6) is 0 Å². The van der Waals surface area contributed by atoms with Crippen molar-refractivity contribution in [2.75, 3.05) is 0 Å². The fraction of sp³-hybridized carbons (Fsp3) is 0. The van der Waals surface area contributed by atoms with Crippen LogP contribution in [-0.4, -0.2) is 9.55 Å². The van der Waals surface area contributed by atoms with Gasteiger partial charge in [-0.25, -0.2) is 0 Å². The van der Waals surface area contributed by atoms with Gasteiger partial charge in [-0.05, 0) is 48.4 Å². The van der Waals surface area contributed by atoms with Gasteiger partial charge in [0, 0.05) is 68.2 Å². The topological polar surface area (TPSA) is 20.7 Å². The highest BCUT2D eigenvalue weighted by Crippen LogP contribution is 2.43. The number of rotatable bonds is 1. The number of para-hydroxylation sites is 2. The van der Waals surface area contributed by atoms with Crippen molar-refractivity contribution in [3.8, 4) is 5.69 Å². The third-order valence-corrected chi connectivity index (χ3v) is 11.8. The summed E-state index contributed by atoms with van der Waals surface area (Å²) in [5.74, 6) is 0. The molecule has 0 saturated carbocycles. The highest BCUT2D eigenvalue weighted by Gasteiger charge is 2.17. The van der Waals surface area contributed by atoms with Crippen LogP contribution < -0.4 is 0 Å². The van der Waals surface area contributed by atoms with E-state index in [1.54, 1.807) is 11.3 Å². The lowest BCUT2D eigenvalue weighted by Gasteiger charge is -2.08. The second-order valence-electron chi connectivity index (χ2n) is 11.6. The van der Waals surface area contributed by atoms with Crippen LogP contribution in [0.25, 0.3) is 89.6 Å². The van der Waals surface area contributed by atoms with Crippen molar-refractivity contribution in [1.82, 2.24) is 9.55 Å². The standard InChI is InChI=1S/C24H14BrNS.C18H11NS/c25-15-9-11-16(12-10-15)26-21-7-3-1-5-17(21)19-13-14-20-18-6-2-4-8-22(18)27-24(20)23(19)26;1-3-7-15-11(5-1)13-9-10-14-12-6-2-4-8-16(12)20-18(14)17(13)19-15/h1-14H;1-10,19H/i9D,10D,11D,12D;. The van der Waals surface area contributed by atoms with Crippen molar-refractivity contribution < 1.29 is 5.48 Å². The summed E-state index contributed by atoms with van der Waals surface area (Å²) >= 11 is 6.79. The Hall–Kier alpha value is -4.94. The van der Waals surface area contributed by atoms with Gasteiger partial charge in [0.25, 0.3) is 0 Å². The van der Waals surface area contributed by atoms with Crippen molar-refractivity contribution in [1.29, 1.82) is 0 Å². The lowest BCUT2D eigenvalue weighted by Crippen LogP contribution is -1.93. The summed E-state index contributed by atoms with van der Waals surface area (Å²) in [6.45, 7) is 0. The van der Waals surface area contributed by atoms with E-state index < -0.39 is 0 Å². The SMILES string of the molecule is [2H]c1c([2H])c(-n2c3ccccc3c3ccc4c5ccccc5sc4c32)c([2H])c([2H])c1Br.c1ccc2c(c1)[nH]c1c2ccc2c3ccccc3sc21. The second kappa shape index (κ2) is 10.5. The predicted octanol–water partition coefficient (Wildman–Crippen LogP) is 13.6. The van der Waals surface area contributed by atoms with Crippen LogP contribution in [0.1, 0.15) is 5.48 Å². The van der Waals surface area contributed by atoms with Gasteiger partial charge in [0.1, 0.15) is 0 Å². The van der Waals surface area contributed by atoms with Crippen molar-refractivity contribution in [2.24, 2.45) is 0 Å². The van der Waals surface area contributed by atoms with Crippen molar-refractivity contribution in [3.05, 3.63) is 150 Å². The van der Waals surface area contributed by atoms with Gasteiger partial charge < -0.3 is 9.55 Å². The largest absolute Gasteiger partial charge is 0.353 e. The number of aromatic nitrogens is 2. The molecule has 0 fully saturated rings. The summed E-state index contributed by atoms with van der Waals surface area (Å²) in [6, 6.07) is 41.9. The molecule has 7 aromatic carbocycles. The lowest BCUT2D eigenvalue weighted by atomic mass is 10.1. The second-order valence-corrected chi connectivity index (χ2v) is 14.5. The van der Waals surface area contributed by atoms with Gasteiger partial charge in [0.05, 0.1) is 31.4 Å². The Balaban J connectivity index is 0.000000140. The minimum Gasteiger partial charge on any atom is -0.353 e. The molecule has 4 heterocycles. The Kier molecular flexibility index (Phi) is 5.25. The number of H-pyrrole nitrogens is 1. The first-order valence-corrected chi connectivity index (χ1v) is 17.7. The fourth-order valence-electron chi connectivity index (χ4n) is 6.96. The molecule has 0 bridgehead atoms. The first-order valence-electron chi connectivity index (χ1n) is 17.3. The van der Waals surface area contributed by atoms with Gasteiger partial charge in [-0.1, -0.05) is 113 Å². The molecular weight excluding hydrogens is 677 g/mol. The van der Waals surface area contributed by atoms with Gasteiger partial charge >= 0.3 is 0 Å². The molecule has 5 heteroatoms. The summed E-state index contributed by atoms with van der Waals surface area (Å²) in [5.41, 5.74) is 4.54. The van der Waals surface area contributed by atoms with Crippen LogP contribution in [0.3, 0.4) is 0 Å². The third-order valence-electron chi connectivity index (χ3n) is 9.01. The molecule has 0 atom stereocenters. The average Bonchev–Trinajstić information content (AvgIpc) is 3.93. The zero-order chi connectivity index (χ0) is 34.5. The van der Waals surface area contributed by atoms with Crippen molar-refractivity contribution in [2.45, 2.75) is 0 Å². The van der Waals surface area contributed by atoms with E-state index in [9.17, 15) is 0 Å². The Morgan fingerprint density at radius 1 is 0.511 bits per heavy atom. The Morgan fingerprint density at radius 2 is 1.06 bits per heavy atom. The molecule has 0 unspecified atom stereocenters. The Bertz CT molecular complexity index is 3110. The molecule has 0 radical (unpaired) electrons. The maximum Gasteiger partial charge on any atom is 0.0719 e. The van der Waals surface area contributed by atoms with E-state index in [2.05, 4.69) is 106 Å². The van der Waals surface area contributed by atoms with Crippen LogP contribution in [0.15, 0.2) is 150 Å². The molecule has 222 valence electrons. The van der Waals surface area contributed by atoms with Crippen molar-refractivity contribution >= 4 is 123 Å². The van der Waals surface area contributed by atoms with Gasteiger partial charge in [-0.3, -0.25) is 0 Å². The van der Waals surface area contributed by atoms with Crippen LogP contribution >= 0.6 is 38.6 Å². The summed E-state index contributed by atoms with van der Waals surface area (Å²) in [7, 11) is 0. The lowest BCUT2D eigenvalue weighted by molar-refractivity contribution is 1.19. The Morgan fingerprint density at radius 3 is 1.81 bits per heavy atom. The summed E-state index contributed by atoms with van der Waals surface area (Å²) in [4.78, 5) is 3.59. The van der Waals surface area contributed by atoms with Gasteiger partial charge in [-0.2, -0.15) is 0 Å². The quantitative estimate of drug-likeness (QED) is 0.176. The molecule has 11 aromatic rings. The van der Waals surface area contributed by atoms with Crippen LogP contribution in [0.2, 0.25) is 0 Å². The third kappa shape index (κ3) is 4.14. The van der Waals surface area contributed by atoms with Crippen LogP contribution in [0.4, 0.5) is 0 Å². The molecule has 4 aromatic heterocycles. The van der Waals surface area contributed by atoms with Crippen LogP contribution in [0, 0.1) is 0 Å². The van der Waals surface area contributed by atoms with Crippen LogP contribution in [-0.2, 0) is 0 Å². The number of benzene rings is 7. The number of thiophene rings is 2. The van der Waals surface area contributed by atoms with E-state index >= 15 is 0 Å². The number of nitrogens with one attached hydrogen (secondary N) is 1.